The summed E-state index contributed by atoms with van der Waals surface area (Å²) in [6, 6.07) is 3.43. The van der Waals surface area contributed by atoms with Crippen LogP contribution in [0.25, 0.3) is 0 Å². The SMILES string of the molecule is Cc1cc(C(=O)Nc2cc(C)c(N)cn2)c(C)o1. The van der Waals surface area contributed by atoms with Crippen LogP contribution >= 0.6 is 0 Å². The number of hydrogen-bond acceptors (Lipinski definition) is 4. The summed E-state index contributed by atoms with van der Waals surface area (Å²) in [5.41, 5.74) is 7.66. The molecular formula is C13H15N3O2. The molecule has 0 aliphatic heterocycles. The van der Waals surface area contributed by atoms with Gasteiger partial charge in [0.25, 0.3) is 5.91 Å². The van der Waals surface area contributed by atoms with E-state index in [-0.39, 0.29) is 5.91 Å². The van der Waals surface area contributed by atoms with Gasteiger partial charge in [-0.15, -0.1) is 0 Å². The molecule has 5 nitrogen and oxygen atoms in total. The van der Waals surface area contributed by atoms with E-state index < -0.39 is 0 Å². The second-order valence-electron chi connectivity index (χ2n) is 4.21. The number of amides is 1. The van der Waals surface area contributed by atoms with Crippen molar-refractivity contribution < 1.29 is 9.21 Å². The average Bonchev–Trinajstić information content (AvgIpc) is 2.63. The summed E-state index contributed by atoms with van der Waals surface area (Å²) < 4.78 is 5.31. The smallest absolute Gasteiger partial charge is 0.260 e. The number of nitrogens with zero attached hydrogens (tertiary/aromatic N) is 1. The van der Waals surface area contributed by atoms with Crippen LogP contribution in [0.5, 0.6) is 0 Å². The molecule has 2 heterocycles. The highest BCUT2D eigenvalue weighted by Gasteiger charge is 2.14. The molecule has 0 saturated heterocycles. The molecule has 0 bridgehead atoms. The van der Waals surface area contributed by atoms with Crippen LogP contribution in [-0.2, 0) is 0 Å². The lowest BCUT2D eigenvalue weighted by Gasteiger charge is -2.05. The Morgan fingerprint density at radius 1 is 1.33 bits per heavy atom. The van der Waals surface area contributed by atoms with Crippen molar-refractivity contribution in [1.82, 2.24) is 4.98 Å². The minimum atomic E-state index is -0.235. The van der Waals surface area contributed by atoms with Gasteiger partial charge in [-0.2, -0.15) is 0 Å². The van der Waals surface area contributed by atoms with Gasteiger partial charge in [-0.3, -0.25) is 4.79 Å². The third-order valence-electron chi connectivity index (χ3n) is 2.68. The molecule has 0 aromatic carbocycles. The molecule has 0 aliphatic carbocycles. The molecule has 0 unspecified atom stereocenters. The quantitative estimate of drug-likeness (QED) is 0.851. The molecule has 18 heavy (non-hydrogen) atoms. The van der Waals surface area contributed by atoms with Crippen LogP contribution < -0.4 is 11.1 Å². The zero-order valence-electron chi connectivity index (χ0n) is 10.6. The Labute approximate surface area is 105 Å². The predicted molar refractivity (Wildman–Crippen MR) is 69.5 cm³/mol. The maximum atomic E-state index is 12.0. The summed E-state index contributed by atoms with van der Waals surface area (Å²) in [6.07, 6.45) is 1.53. The molecular weight excluding hydrogens is 230 g/mol. The number of furan rings is 1. The fourth-order valence-electron chi connectivity index (χ4n) is 1.67. The summed E-state index contributed by atoms with van der Waals surface area (Å²) in [7, 11) is 0. The van der Waals surface area contributed by atoms with Crippen molar-refractivity contribution >= 4 is 17.4 Å². The third-order valence-corrected chi connectivity index (χ3v) is 2.68. The fourth-order valence-corrected chi connectivity index (χ4v) is 1.67. The van der Waals surface area contributed by atoms with Gasteiger partial charge in [-0.25, -0.2) is 4.98 Å². The Kier molecular flexibility index (Phi) is 3.06. The van der Waals surface area contributed by atoms with E-state index in [1.807, 2.05) is 6.92 Å². The summed E-state index contributed by atoms with van der Waals surface area (Å²) in [5.74, 6) is 1.54. The highest BCUT2D eigenvalue weighted by molar-refractivity contribution is 6.04. The van der Waals surface area contributed by atoms with Crippen LogP contribution in [0.1, 0.15) is 27.4 Å². The Bertz CT molecular complexity index is 602. The molecule has 0 radical (unpaired) electrons. The molecule has 0 aliphatic rings. The third kappa shape index (κ3) is 2.34. The van der Waals surface area contributed by atoms with Gasteiger partial charge in [-0.05, 0) is 38.5 Å². The molecule has 2 rings (SSSR count). The topological polar surface area (TPSA) is 81.2 Å². The molecule has 3 N–H and O–H groups in total. The highest BCUT2D eigenvalue weighted by Crippen LogP contribution is 2.17. The lowest BCUT2D eigenvalue weighted by Crippen LogP contribution is -2.13. The maximum absolute atomic E-state index is 12.0. The minimum Gasteiger partial charge on any atom is -0.466 e. The highest BCUT2D eigenvalue weighted by atomic mass is 16.3. The number of pyridine rings is 1. The number of aryl methyl sites for hydroxylation is 3. The molecule has 0 spiro atoms. The lowest BCUT2D eigenvalue weighted by atomic mass is 10.2. The molecule has 1 amide bonds. The predicted octanol–water partition coefficient (Wildman–Crippen LogP) is 2.43. The standard InChI is InChI=1S/C13H15N3O2/c1-7-4-12(15-6-11(7)14)16-13(17)10-5-8(2)18-9(10)3/h4-6H,14H2,1-3H3,(H,15,16,17). The van der Waals surface area contributed by atoms with Gasteiger partial charge in [0, 0.05) is 0 Å². The van der Waals surface area contributed by atoms with Gasteiger partial charge in [0.05, 0.1) is 17.4 Å². The monoisotopic (exact) mass is 245 g/mol. The molecule has 0 atom stereocenters. The Balaban J connectivity index is 2.21. The second-order valence-corrected chi connectivity index (χ2v) is 4.21. The van der Waals surface area contributed by atoms with Crippen LogP contribution in [0.4, 0.5) is 11.5 Å². The number of carbonyl (C=O) groups excluding carboxylic acids is 1. The number of anilines is 2. The molecule has 94 valence electrons. The van der Waals surface area contributed by atoms with E-state index in [1.54, 1.807) is 26.0 Å². The zero-order valence-corrected chi connectivity index (χ0v) is 10.6. The second kappa shape index (κ2) is 4.52. The number of nitrogen functional groups attached to an aromatic ring is 1. The number of nitrogens with one attached hydrogen (secondary N) is 1. The fraction of sp³-hybridized carbons (Fsp3) is 0.231. The summed E-state index contributed by atoms with van der Waals surface area (Å²) in [4.78, 5) is 16.1. The van der Waals surface area contributed by atoms with Crippen molar-refractivity contribution in [2.75, 3.05) is 11.1 Å². The summed E-state index contributed by atoms with van der Waals surface area (Å²) >= 11 is 0. The number of rotatable bonds is 2. The van der Waals surface area contributed by atoms with E-state index >= 15 is 0 Å². The van der Waals surface area contributed by atoms with Crippen LogP contribution in [-0.4, -0.2) is 10.9 Å². The van der Waals surface area contributed by atoms with Crippen molar-refractivity contribution in [2.45, 2.75) is 20.8 Å². The largest absolute Gasteiger partial charge is 0.466 e. The van der Waals surface area contributed by atoms with Crippen LogP contribution in [0.3, 0.4) is 0 Å². The normalized spacial score (nSPS) is 10.4. The van der Waals surface area contributed by atoms with E-state index in [1.165, 1.54) is 6.20 Å². The Morgan fingerprint density at radius 2 is 2.06 bits per heavy atom. The first-order valence-corrected chi connectivity index (χ1v) is 5.58. The Hall–Kier alpha value is -2.30. The van der Waals surface area contributed by atoms with Gasteiger partial charge in [-0.1, -0.05) is 0 Å². The van der Waals surface area contributed by atoms with Crippen molar-refractivity contribution in [3.8, 4) is 0 Å². The van der Waals surface area contributed by atoms with Gasteiger partial charge in [0.15, 0.2) is 0 Å². The zero-order chi connectivity index (χ0) is 13.3. The van der Waals surface area contributed by atoms with Crippen LogP contribution in [0, 0.1) is 20.8 Å². The molecule has 5 heteroatoms. The van der Waals surface area contributed by atoms with Gasteiger partial charge in [0.2, 0.25) is 0 Å². The van der Waals surface area contributed by atoms with Crippen molar-refractivity contribution in [3.05, 3.63) is 41.0 Å². The number of hydrogen-bond donors (Lipinski definition) is 2. The van der Waals surface area contributed by atoms with E-state index in [0.717, 1.165) is 5.56 Å². The van der Waals surface area contributed by atoms with E-state index in [2.05, 4.69) is 10.3 Å². The average molecular weight is 245 g/mol. The molecule has 2 aromatic heterocycles. The van der Waals surface area contributed by atoms with Crippen molar-refractivity contribution in [2.24, 2.45) is 0 Å². The Morgan fingerprint density at radius 3 is 2.61 bits per heavy atom. The number of aromatic nitrogens is 1. The van der Waals surface area contributed by atoms with Gasteiger partial charge < -0.3 is 15.5 Å². The van der Waals surface area contributed by atoms with Crippen molar-refractivity contribution in [3.63, 3.8) is 0 Å². The first kappa shape index (κ1) is 12.2. The summed E-state index contributed by atoms with van der Waals surface area (Å²) in [6.45, 7) is 5.42. The van der Waals surface area contributed by atoms with E-state index in [9.17, 15) is 4.79 Å². The van der Waals surface area contributed by atoms with E-state index in [4.69, 9.17) is 10.2 Å². The molecule has 0 fully saturated rings. The van der Waals surface area contributed by atoms with Gasteiger partial charge >= 0.3 is 0 Å². The number of carbonyl (C=O) groups is 1. The molecule has 0 saturated carbocycles. The number of nitrogens with two attached hydrogens (primary N) is 1. The first-order chi connectivity index (χ1) is 8.47. The van der Waals surface area contributed by atoms with E-state index in [0.29, 0.717) is 28.6 Å². The lowest BCUT2D eigenvalue weighted by molar-refractivity contribution is 0.102. The summed E-state index contributed by atoms with van der Waals surface area (Å²) in [5, 5.41) is 2.71. The van der Waals surface area contributed by atoms with Gasteiger partial charge in [0.1, 0.15) is 17.3 Å². The van der Waals surface area contributed by atoms with Crippen molar-refractivity contribution in [1.29, 1.82) is 0 Å². The van der Waals surface area contributed by atoms with Crippen LogP contribution in [0.15, 0.2) is 22.7 Å². The van der Waals surface area contributed by atoms with Crippen LogP contribution in [0.2, 0.25) is 0 Å². The maximum Gasteiger partial charge on any atom is 0.260 e. The first-order valence-electron chi connectivity index (χ1n) is 5.58. The molecule has 2 aromatic rings. The minimum absolute atomic E-state index is 0.235.